The van der Waals surface area contributed by atoms with E-state index in [0.717, 1.165) is 23.7 Å². The molecule has 200 valence electrons. The third-order valence-electron chi connectivity index (χ3n) is 6.74. The number of amides is 3. The first kappa shape index (κ1) is 26.1. The lowest BCUT2D eigenvalue weighted by atomic mass is 10.1. The van der Waals surface area contributed by atoms with E-state index >= 15 is 0 Å². The van der Waals surface area contributed by atoms with E-state index in [0.29, 0.717) is 30.1 Å². The molecule has 0 saturated carbocycles. The fourth-order valence-electron chi connectivity index (χ4n) is 4.63. The molecular weight excluding hydrogens is 520 g/mol. The van der Waals surface area contributed by atoms with Crippen molar-refractivity contribution in [2.24, 2.45) is 0 Å². The van der Waals surface area contributed by atoms with Crippen LogP contribution in [0, 0.1) is 0 Å². The average molecular weight is 547 g/mol. The molecule has 0 aromatic heterocycles. The highest BCUT2D eigenvalue weighted by Crippen LogP contribution is 2.37. The molecule has 2 aliphatic heterocycles. The third-order valence-corrected chi connectivity index (χ3v) is 7.10. The minimum Gasteiger partial charge on any atom is -0.497 e. The third kappa shape index (κ3) is 5.13. The molecule has 0 atom stereocenters. The van der Waals surface area contributed by atoms with Gasteiger partial charge in [-0.2, -0.15) is 0 Å². The van der Waals surface area contributed by atoms with Gasteiger partial charge >= 0.3 is 0 Å². The van der Waals surface area contributed by atoms with Crippen molar-refractivity contribution in [3.8, 4) is 11.5 Å². The monoisotopic (exact) mass is 546 g/mol. The van der Waals surface area contributed by atoms with Crippen LogP contribution in [0.4, 0.5) is 17.1 Å². The summed E-state index contributed by atoms with van der Waals surface area (Å²) < 4.78 is 10.5. The highest BCUT2D eigenvalue weighted by Gasteiger charge is 2.40. The molecule has 0 spiro atoms. The van der Waals surface area contributed by atoms with Crippen LogP contribution in [-0.2, 0) is 9.59 Å². The Hall–Kier alpha value is -4.50. The van der Waals surface area contributed by atoms with Gasteiger partial charge in [-0.25, -0.2) is 4.90 Å². The van der Waals surface area contributed by atoms with Crippen molar-refractivity contribution in [1.82, 2.24) is 4.90 Å². The first-order valence-corrected chi connectivity index (χ1v) is 12.8. The lowest BCUT2D eigenvalue weighted by molar-refractivity contribution is -0.120. The fraction of sp³-hybridized carbons (Fsp3) is 0.207. The zero-order chi connectivity index (χ0) is 27.5. The van der Waals surface area contributed by atoms with E-state index in [1.165, 1.54) is 14.2 Å². The number of imide groups is 1. The topological polar surface area (TPSA) is 91.4 Å². The minimum absolute atomic E-state index is 0.0589. The van der Waals surface area contributed by atoms with Crippen LogP contribution in [0.5, 0.6) is 11.5 Å². The van der Waals surface area contributed by atoms with Gasteiger partial charge in [0.15, 0.2) is 0 Å². The van der Waals surface area contributed by atoms with Crippen molar-refractivity contribution >= 4 is 46.4 Å². The number of halogens is 1. The second-order valence-corrected chi connectivity index (χ2v) is 9.37. The van der Waals surface area contributed by atoms with Gasteiger partial charge in [-0.1, -0.05) is 29.8 Å². The molecule has 0 unspecified atom stereocenters. The van der Waals surface area contributed by atoms with E-state index < -0.39 is 11.8 Å². The molecule has 3 amide bonds. The summed E-state index contributed by atoms with van der Waals surface area (Å²) in [6.07, 6.45) is 0. The number of hydrogen-bond donors (Lipinski definition) is 1. The summed E-state index contributed by atoms with van der Waals surface area (Å²) >= 11 is 6.29. The van der Waals surface area contributed by atoms with Gasteiger partial charge in [0.25, 0.3) is 17.7 Å². The van der Waals surface area contributed by atoms with Crippen LogP contribution < -0.4 is 24.6 Å². The Labute approximate surface area is 231 Å². The number of piperazine rings is 1. The number of nitrogens with zero attached hydrogens (tertiary/aromatic N) is 3. The Morgan fingerprint density at radius 1 is 0.846 bits per heavy atom. The van der Waals surface area contributed by atoms with Gasteiger partial charge in [0.1, 0.15) is 22.2 Å². The molecule has 39 heavy (non-hydrogen) atoms. The lowest BCUT2D eigenvalue weighted by Gasteiger charge is -2.36. The highest BCUT2D eigenvalue weighted by atomic mass is 35.5. The predicted molar refractivity (Wildman–Crippen MR) is 150 cm³/mol. The van der Waals surface area contributed by atoms with Gasteiger partial charge in [0.2, 0.25) is 0 Å². The van der Waals surface area contributed by atoms with Gasteiger partial charge in [-0.05, 0) is 48.5 Å². The summed E-state index contributed by atoms with van der Waals surface area (Å²) in [5.41, 5.74) is 2.38. The number of ether oxygens (including phenoxy) is 2. The summed E-state index contributed by atoms with van der Waals surface area (Å²) in [5, 5.41) is 2.70. The summed E-state index contributed by atoms with van der Waals surface area (Å²) in [4.78, 5) is 44.3. The van der Waals surface area contributed by atoms with E-state index in [1.54, 1.807) is 42.5 Å². The fourth-order valence-corrected chi connectivity index (χ4v) is 4.84. The Bertz CT molecular complexity index is 1430. The highest BCUT2D eigenvalue weighted by molar-refractivity contribution is 6.53. The maximum absolute atomic E-state index is 13.2. The van der Waals surface area contributed by atoms with Crippen molar-refractivity contribution in [3.63, 3.8) is 0 Å². The van der Waals surface area contributed by atoms with Crippen LogP contribution in [0.15, 0.2) is 83.5 Å². The van der Waals surface area contributed by atoms with Crippen LogP contribution in [0.1, 0.15) is 10.4 Å². The van der Waals surface area contributed by atoms with Crippen molar-refractivity contribution < 1.29 is 23.9 Å². The number of hydrogen-bond acceptors (Lipinski definition) is 7. The van der Waals surface area contributed by atoms with Gasteiger partial charge in [0.05, 0.1) is 19.9 Å². The molecule has 5 rings (SSSR count). The number of rotatable bonds is 7. The molecule has 3 aromatic rings. The van der Waals surface area contributed by atoms with Crippen molar-refractivity contribution in [3.05, 3.63) is 89.1 Å². The largest absolute Gasteiger partial charge is 0.497 e. The molecule has 1 saturated heterocycles. The summed E-state index contributed by atoms with van der Waals surface area (Å²) in [7, 11) is 2.94. The van der Waals surface area contributed by atoms with Crippen LogP contribution in [0.25, 0.3) is 0 Å². The number of carbonyl (C=O) groups is 3. The smallest absolute Gasteiger partial charge is 0.283 e. The Morgan fingerprint density at radius 3 is 2.18 bits per heavy atom. The summed E-state index contributed by atoms with van der Waals surface area (Å²) in [6, 6.07) is 21.6. The van der Waals surface area contributed by atoms with Crippen molar-refractivity contribution in [2.45, 2.75) is 0 Å². The van der Waals surface area contributed by atoms with Crippen molar-refractivity contribution in [1.29, 1.82) is 0 Å². The van der Waals surface area contributed by atoms with Crippen LogP contribution in [0.3, 0.4) is 0 Å². The second-order valence-electron chi connectivity index (χ2n) is 8.99. The van der Waals surface area contributed by atoms with Crippen molar-refractivity contribution in [2.75, 3.05) is 55.5 Å². The lowest BCUT2D eigenvalue weighted by Crippen LogP contribution is -2.48. The first-order valence-electron chi connectivity index (χ1n) is 12.4. The van der Waals surface area contributed by atoms with E-state index in [9.17, 15) is 14.4 Å². The number of para-hydroxylation sites is 1. The number of anilines is 3. The SMILES string of the molecule is COc1ccc(N2C(=O)C(Cl)=C(Nc3ccc(C(=O)N4CCN(c5ccccc5)CC4)cc3)C2=O)c(OC)c1. The molecule has 10 heteroatoms. The molecule has 0 aliphatic carbocycles. The number of benzene rings is 3. The Balaban J connectivity index is 1.25. The molecule has 0 bridgehead atoms. The summed E-state index contributed by atoms with van der Waals surface area (Å²) in [6.45, 7) is 2.76. The van der Waals surface area contributed by atoms with E-state index in [-0.39, 0.29) is 28.1 Å². The quantitative estimate of drug-likeness (QED) is 0.446. The van der Waals surface area contributed by atoms with Crippen LogP contribution >= 0.6 is 11.6 Å². The zero-order valence-electron chi connectivity index (χ0n) is 21.5. The second kappa shape index (κ2) is 11.1. The molecular formula is C29H27ClN4O5. The normalized spacial score (nSPS) is 15.6. The number of carbonyl (C=O) groups excluding carboxylic acids is 3. The summed E-state index contributed by atoms with van der Waals surface area (Å²) in [5.74, 6) is -0.551. The molecule has 1 fully saturated rings. The van der Waals surface area contributed by atoms with E-state index in [4.69, 9.17) is 21.1 Å². The minimum atomic E-state index is -0.672. The van der Waals surface area contributed by atoms with E-state index in [1.807, 2.05) is 23.1 Å². The maximum Gasteiger partial charge on any atom is 0.283 e. The van der Waals surface area contributed by atoms with E-state index in [2.05, 4.69) is 22.3 Å². The molecule has 0 radical (unpaired) electrons. The Morgan fingerprint density at radius 2 is 1.54 bits per heavy atom. The van der Waals surface area contributed by atoms with Crippen LogP contribution in [0.2, 0.25) is 0 Å². The van der Waals surface area contributed by atoms with Gasteiger partial charge < -0.3 is 24.6 Å². The molecule has 1 N–H and O–H groups in total. The molecule has 2 aliphatic rings. The van der Waals surface area contributed by atoms with Gasteiger partial charge in [-0.3, -0.25) is 14.4 Å². The molecule has 9 nitrogen and oxygen atoms in total. The maximum atomic E-state index is 13.2. The predicted octanol–water partition coefficient (Wildman–Crippen LogP) is 4.10. The molecule has 3 aromatic carbocycles. The molecule has 2 heterocycles. The van der Waals surface area contributed by atoms with Gasteiger partial charge in [0, 0.05) is 49.2 Å². The first-order chi connectivity index (χ1) is 18.9. The average Bonchev–Trinajstić information content (AvgIpc) is 3.20. The van der Waals surface area contributed by atoms with Gasteiger partial charge in [-0.15, -0.1) is 0 Å². The number of methoxy groups -OCH3 is 2. The standard InChI is InChI=1S/C29H27ClN4O5/c1-38-22-12-13-23(24(18-22)39-2)34-28(36)25(30)26(29(34)37)31-20-10-8-19(9-11-20)27(35)33-16-14-32(15-17-33)21-6-4-3-5-7-21/h3-13,18,31H,14-17H2,1-2H3. The zero-order valence-corrected chi connectivity index (χ0v) is 22.3. The Kier molecular flexibility index (Phi) is 7.42. The number of nitrogens with one attached hydrogen (secondary N) is 1. The van der Waals surface area contributed by atoms with Crippen LogP contribution in [-0.4, -0.2) is 63.0 Å².